The van der Waals surface area contributed by atoms with Gasteiger partial charge >= 0.3 is 6.03 Å². The van der Waals surface area contributed by atoms with Gasteiger partial charge in [0, 0.05) is 44.3 Å². The highest BCUT2D eigenvalue weighted by molar-refractivity contribution is 5.94. The van der Waals surface area contributed by atoms with Gasteiger partial charge in [0.05, 0.1) is 0 Å². The van der Waals surface area contributed by atoms with Gasteiger partial charge in [-0.3, -0.25) is 4.79 Å². The molecule has 0 spiro atoms. The number of amides is 3. The number of urea groups is 1. The van der Waals surface area contributed by atoms with Gasteiger partial charge in [-0.05, 0) is 38.0 Å². The number of carbonyl (C=O) groups is 2. The molecule has 6 heteroatoms. The average molecular weight is 319 g/mol. The van der Waals surface area contributed by atoms with Crippen LogP contribution in [0.4, 0.5) is 9.18 Å². The maximum absolute atomic E-state index is 13.3. The van der Waals surface area contributed by atoms with Crippen LogP contribution in [0.25, 0.3) is 0 Å². The lowest BCUT2D eigenvalue weighted by molar-refractivity contribution is 0.0663. The number of halogens is 1. The van der Waals surface area contributed by atoms with Crippen LogP contribution in [0.2, 0.25) is 0 Å². The van der Waals surface area contributed by atoms with Gasteiger partial charge in [0.1, 0.15) is 5.82 Å². The Balaban J connectivity index is 1.58. The minimum atomic E-state index is -0.395. The zero-order chi connectivity index (χ0) is 16.4. The Morgan fingerprint density at radius 3 is 2.57 bits per heavy atom. The molecule has 0 N–H and O–H groups in total. The van der Waals surface area contributed by atoms with Gasteiger partial charge in [-0.15, -0.1) is 0 Å². The predicted molar refractivity (Wildman–Crippen MR) is 84.7 cm³/mol. The lowest BCUT2D eigenvalue weighted by Crippen LogP contribution is -2.48. The molecule has 23 heavy (non-hydrogen) atoms. The van der Waals surface area contributed by atoms with Gasteiger partial charge < -0.3 is 14.7 Å². The van der Waals surface area contributed by atoms with Crippen molar-refractivity contribution in [2.75, 3.05) is 32.7 Å². The molecule has 124 valence electrons. The molecule has 2 aliphatic heterocycles. The van der Waals surface area contributed by atoms with E-state index in [1.807, 2.05) is 16.7 Å². The number of rotatable bonds is 3. The van der Waals surface area contributed by atoms with Crippen LogP contribution in [0.3, 0.4) is 0 Å². The number of likely N-dealkylation sites (N-methyl/N-ethyl adjacent to an activating group) is 1. The molecule has 2 saturated heterocycles. The Hall–Kier alpha value is -2.11. The predicted octanol–water partition coefficient (Wildman–Crippen LogP) is 2.19. The summed E-state index contributed by atoms with van der Waals surface area (Å²) in [6, 6.07) is 6.12. The molecule has 0 atom stereocenters. The van der Waals surface area contributed by atoms with Crippen LogP contribution in [0, 0.1) is 5.82 Å². The summed E-state index contributed by atoms with van der Waals surface area (Å²) in [5.74, 6) is -0.529. The van der Waals surface area contributed by atoms with E-state index < -0.39 is 5.82 Å². The summed E-state index contributed by atoms with van der Waals surface area (Å²) in [7, 11) is 0. The molecule has 2 aliphatic rings. The molecule has 1 aromatic carbocycles. The second-order valence-electron chi connectivity index (χ2n) is 6.09. The van der Waals surface area contributed by atoms with Crippen molar-refractivity contribution in [1.29, 1.82) is 0 Å². The van der Waals surface area contributed by atoms with Crippen LogP contribution in [0.1, 0.15) is 30.1 Å². The molecule has 0 unspecified atom stereocenters. The number of carbonyl (C=O) groups excluding carboxylic acids is 2. The van der Waals surface area contributed by atoms with Crippen molar-refractivity contribution in [2.24, 2.45) is 0 Å². The fourth-order valence-electron chi connectivity index (χ4n) is 3.42. The Bertz CT molecular complexity index is 599. The van der Waals surface area contributed by atoms with E-state index in [0.717, 1.165) is 32.5 Å². The molecule has 0 bridgehead atoms. The first-order valence-electron chi connectivity index (χ1n) is 8.20. The molecule has 0 aliphatic carbocycles. The number of hydrogen-bond acceptors (Lipinski definition) is 2. The van der Waals surface area contributed by atoms with Crippen LogP contribution in [0.5, 0.6) is 0 Å². The summed E-state index contributed by atoms with van der Waals surface area (Å²) in [5, 5.41) is 0. The van der Waals surface area contributed by atoms with E-state index >= 15 is 0 Å². The maximum Gasteiger partial charge on any atom is 0.320 e. The number of hydrogen-bond donors (Lipinski definition) is 0. The van der Waals surface area contributed by atoms with Crippen molar-refractivity contribution in [1.82, 2.24) is 14.7 Å². The van der Waals surface area contributed by atoms with Crippen LogP contribution in [-0.2, 0) is 0 Å². The fraction of sp³-hybridized carbons (Fsp3) is 0.529. The number of likely N-dealkylation sites (tertiary alicyclic amines) is 1. The third-order valence-electron chi connectivity index (χ3n) is 4.77. The molecule has 0 radical (unpaired) electrons. The summed E-state index contributed by atoms with van der Waals surface area (Å²) < 4.78 is 13.3. The van der Waals surface area contributed by atoms with E-state index in [4.69, 9.17) is 0 Å². The first kappa shape index (κ1) is 15.8. The van der Waals surface area contributed by atoms with Crippen molar-refractivity contribution in [3.8, 4) is 0 Å². The molecule has 2 fully saturated rings. The van der Waals surface area contributed by atoms with Gasteiger partial charge in [0.15, 0.2) is 0 Å². The van der Waals surface area contributed by atoms with E-state index in [1.165, 1.54) is 12.1 Å². The second-order valence-corrected chi connectivity index (χ2v) is 6.09. The van der Waals surface area contributed by atoms with Gasteiger partial charge in [0.2, 0.25) is 0 Å². The third kappa shape index (κ3) is 3.16. The summed E-state index contributed by atoms with van der Waals surface area (Å²) in [6.45, 7) is 5.51. The van der Waals surface area contributed by atoms with Gasteiger partial charge in [-0.1, -0.05) is 6.07 Å². The van der Waals surface area contributed by atoms with Crippen LogP contribution < -0.4 is 0 Å². The van der Waals surface area contributed by atoms with Crippen molar-refractivity contribution in [3.05, 3.63) is 35.6 Å². The number of benzene rings is 1. The Morgan fingerprint density at radius 2 is 1.96 bits per heavy atom. The number of nitrogens with zero attached hydrogens (tertiary/aromatic N) is 3. The van der Waals surface area contributed by atoms with Crippen LogP contribution in [0.15, 0.2) is 24.3 Å². The average Bonchev–Trinajstić information content (AvgIpc) is 2.95. The first-order valence-corrected chi connectivity index (χ1v) is 8.20. The molecule has 5 nitrogen and oxygen atoms in total. The Kier molecular flexibility index (Phi) is 4.50. The highest BCUT2D eigenvalue weighted by atomic mass is 19.1. The van der Waals surface area contributed by atoms with Gasteiger partial charge in [-0.2, -0.15) is 0 Å². The molecule has 0 aromatic heterocycles. The van der Waals surface area contributed by atoms with Crippen molar-refractivity contribution in [2.45, 2.75) is 25.8 Å². The summed E-state index contributed by atoms with van der Waals surface area (Å²) in [5.41, 5.74) is 0.387. The Labute approximate surface area is 135 Å². The van der Waals surface area contributed by atoms with Crippen molar-refractivity contribution >= 4 is 11.9 Å². The summed E-state index contributed by atoms with van der Waals surface area (Å²) in [6.07, 6.45) is 1.56. The molecule has 1 aromatic rings. The molecule has 3 amide bonds. The monoisotopic (exact) mass is 319 g/mol. The number of piperidine rings is 1. The van der Waals surface area contributed by atoms with Crippen molar-refractivity contribution in [3.63, 3.8) is 0 Å². The van der Waals surface area contributed by atoms with E-state index in [0.29, 0.717) is 18.7 Å². The van der Waals surface area contributed by atoms with E-state index in [2.05, 4.69) is 0 Å². The largest absolute Gasteiger partial charge is 0.338 e. The molecular formula is C17H22FN3O2. The summed E-state index contributed by atoms with van der Waals surface area (Å²) in [4.78, 5) is 30.2. The third-order valence-corrected chi connectivity index (χ3v) is 4.77. The smallest absolute Gasteiger partial charge is 0.320 e. The van der Waals surface area contributed by atoms with Gasteiger partial charge in [0.25, 0.3) is 5.91 Å². The fourth-order valence-corrected chi connectivity index (χ4v) is 3.42. The van der Waals surface area contributed by atoms with Crippen LogP contribution >= 0.6 is 0 Å². The standard InChI is InChI=1S/C17H22FN3O2/c1-2-19-10-11-21(17(19)23)15-6-8-20(9-7-15)16(22)13-4-3-5-14(18)12-13/h3-5,12,15H,2,6-11H2,1H3. The molecule has 0 saturated carbocycles. The quantitative estimate of drug-likeness (QED) is 0.857. The van der Waals surface area contributed by atoms with E-state index in [9.17, 15) is 14.0 Å². The SMILES string of the molecule is CCN1CCN(C2CCN(C(=O)c3cccc(F)c3)CC2)C1=O. The van der Waals surface area contributed by atoms with E-state index in [-0.39, 0.29) is 18.0 Å². The topological polar surface area (TPSA) is 43.9 Å². The lowest BCUT2D eigenvalue weighted by atomic mass is 10.0. The minimum absolute atomic E-state index is 0.113. The minimum Gasteiger partial charge on any atom is -0.338 e. The molecule has 2 heterocycles. The highest BCUT2D eigenvalue weighted by Crippen LogP contribution is 2.22. The second kappa shape index (κ2) is 6.56. The molecular weight excluding hydrogens is 297 g/mol. The zero-order valence-electron chi connectivity index (χ0n) is 13.4. The Morgan fingerprint density at radius 1 is 1.22 bits per heavy atom. The van der Waals surface area contributed by atoms with Crippen LogP contribution in [-0.4, -0.2) is 65.4 Å². The van der Waals surface area contributed by atoms with Crippen molar-refractivity contribution < 1.29 is 14.0 Å². The zero-order valence-corrected chi connectivity index (χ0v) is 13.4. The molecule has 3 rings (SSSR count). The lowest BCUT2D eigenvalue weighted by Gasteiger charge is -2.36. The van der Waals surface area contributed by atoms with E-state index in [1.54, 1.807) is 17.0 Å². The summed E-state index contributed by atoms with van der Waals surface area (Å²) >= 11 is 0. The maximum atomic E-state index is 13.3. The normalized spacial score (nSPS) is 19.6. The van der Waals surface area contributed by atoms with Gasteiger partial charge in [-0.25, -0.2) is 9.18 Å². The highest BCUT2D eigenvalue weighted by Gasteiger charge is 2.35. The first-order chi connectivity index (χ1) is 11.1.